The summed E-state index contributed by atoms with van der Waals surface area (Å²) < 4.78 is 18.4. The number of nitrogens with zero attached hydrogens (tertiary/aromatic N) is 2. The van der Waals surface area contributed by atoms with E-state index in [1.54, 1.807) is 19.2 Å². The molecule has 6 heteroatoms. The Morgan fingerprint density at radius 2 is 1.78 bits per heavy atom. The maximum absolute atomic E-state index is 13.0. The number of hydrogen-bond donors (Lipinski definition) is 1. The Morgan fingerprint density at radius 1 is 1.11 bits per heavy atom. The Bertz CT molecular complexity index is 758. The standard InChI is InChI=1S/C21H26FN3O2/c1-16(21(26)23-15-17-7-9-18(22)10-8-17)24-11-13-25(14-12-24)19-5-3-4-6-20(19)27-2/h3-10,16H,11-15H2,1-2H3,(H,23,26)/t16-/m1/s1. The minimum absolute atomic E-state index is 0.00920. The molecule has 1 N–H and O–H groups in total. The highest BCUT2D eigenvalue weighted by Gasteiger charge is 2.26. The largest absolute Gasteiger partial charge is 0.495 e. The Balaban J connectivity index is 1.51. The van der Waals surface area contributed by atoms with Crippen molar-refractivity contribution in [3.63, 3.8) is 0 Å². The van der Waals surface area contributed by atoms with Gasteiger partial charge >= 0.3 is 0 Å². The van der Waals surface area contributed by atoms with Crippen LogP contribution in [0.4, 0.5) is 10.1 Å². The first-order valence-corrected chi connectivity index (χ1v) is 9.22. The number of carbonyl (C=O) groups excluding carboxylic acids is 1. The van der Waals surface area contributed by atoms with Gasteiger partial charge in [0.15, 0.2) is 0 Å². The van der Waals surface area contributed by atoms with Crippen molar-refractivity contribution in [2.24, 2.45) is 0 Å². The van der Waals surface area contributed by atoms with Crippen LogP contribution in [0.25, 0.3) is 0 Å². The predicted molar refractivity (Wildman–Crippen MR) is 104 cm³/mol. The number of nitrogens with one attached hydrogen (secondary N) is 1. The molecule has 2 aromatic carbocycles. The van der Waals surface area contributed by atoms with Crippen LogP contribution in [0.3, 0.4) is 0 Å². The molecule has 0 aromatic heterocycles. The second-order valence-electron chi connectivity index (χ2n) is 6.72. The maximum Gasteiger partial charge on any atom is 0.237 e. The molecule has 0 spiro atoms. The molecule has 1 saturated heterocycles. The van der Waals surface area contributed by atoms with E-state index in [2.05, 4.69) is 21.2 Å². The van der Waals surface area contributed by atoms with Gasteiger partial charge in [0.1, 0.15) is 11.6 Å². The Kier molecular flexibility index (Phi) is 6.29. The Labute approximate surface area is 159 Å². The monoisotopic (exact) mass is 371 g/mol. The highest BCUT2D eigenvalue weighted by Crippen LogP contribution is 2.28. The second kappa shape index (κ2) is 8.86. The average molecular weight is 371 g/mol. The van der Waals surface area contributed by atoms with Gasteiger partial charge in [0.05, 0.1) is 18.8 Å². The average Bonchev–Trinajstić information content (AvgIpc) is 2.72. The fraction of sp³-hybridized carbons (Fsp3) is 0.381. The van der Waals surface area contributed by atoms with E-state index >= 15 is 0 Å². The number of anilines is 1. The SMILES string of the molecule is COc1ccccc1N1CCN([C@H](C)C(=O)NCc2ccc(F)cc2)CC1. The van der Waals surface area contributed by atoms with Gasteiger partial charge in [0, 0.05) is 32.7 Å². The third-order valence-electron chi connectivity index (χ3n) is 5.05. The van der Waals surface area contributed by atoms with Crippen LogP contribution in [0.1, 0.15) is 12.5 Å². The summed E-state index contributed by atoms with van der Waals surface area (Å²) in [5, 5.41) is 2.94. The number of halogens is 1. The topological polar surface area (TPSA) is 44.8 Å². The lowest BCUT2D eigenvalue weighted by Gasteiger charge is -2.38. The number of carbonyl (C=O) groups is 1. The number of ether oxygens (including phenoxy) is 1. The normalized spacial score (nSPS) is 16.0. The number of benzene rings is 2. The van der Waals surface area contributed by atoms with Crippen molar-refractivity contribution in [1.29, 1.82) is 0 Å². The van der Waals surface area contributed by atoms with Gasteiger partial charge in [-0.15, -0.1) is 0 Å². The number of piperazine rings is 1. The van der Waals surface area contributed by atoms with E-state index in [1.807, 2.05) is 25.1 Å². The van der Waals surface area contributed by atoms with Crippen LogP contribution in [-0.2, 0) is 11.3 Å². The molecular weight excluding hydrogens is 345 g/mol. The molecule has 1 aliphatic heterocycles. The van der Waals surface area contributed by atoms with E-state index in [1.165, 1.54) is 12.1 Å². The summed E-state index contributed by atoms with van der Waals surface area (Å²) in [7, 11) is 1.68. The molecule has 1 fully saturated rings. The van der Waals surface area contributed by atoms with Gasteiger partial charge in [-0.3, -0.25) is 9.69 Å². The van der Waals surface area contributed by atoms with E-state index in [0.717, 1.165) is 43.2 Å². The summed E-state index contributed by atoms with van der Waals surface area (Å²) in [5.41, 5.74) is 1.98. The quantitative estimate of drug-likeness (QED) is 0.848. The molecule has 1 atom stereocenters. The van der Waals surface area contributed by atoms with Crippen LogP contribution >= 0.6 is 0 Å². The maximum atomic E-state index is 13.0. The van der Waals surface area contributed by atoms with Gasteiger partial charge in [-0.2, -0.15) is 0 Å². The second-order valence-corrected chi connectivity index (χ2v) is 6.72. The number of amides is 1. The molecule has 3 rings (SSSR count). The molecule has 0 radical (unpaired) electrons. The molecule has 5 nitrogen and oxygen atoms in total. The Hall–Kier alpha value is -2.60. The number of hydrogen-bond acceptors (Lipinski definition) is 4. The van der Waals surface area contributed by atoms with Crippen LogP contribution < -0.4 is 15.0 Å². The molecule has 1 aliphatic rings. The summed E-state index contributed by atoms with van der Waals surface area (Å²) in [6.45, 7) is 5.64. The van der Waals surface area contributed by atoms with Crippen molar-refractivity contribution in [1.82, 2.24) is 10.2 Å². The van der Waals surface area contributed by atoms with Crippen molar-refractivity contribution < 1.29 is 13.9 Å². The molecule has 0 saturated carbocycles. The van der Waals surface area contributed by atoms with Gasteiger partial charge in [0.2, 0.25) is 5.91 Å². The molecule has 27 heavy (non-hydrogen) atoms. The number of para-hydroxylation sites is 2. The van der Waals surface area contributed by atoms with Crippen LogP contribution in [0.2, 0.25) is 0 Å². The van der Waals surface area contributed by atoms with Gasteiger partial charge in [0.25, 0.3) is 0 Å². The zero-order valence-corrected chi connectivity index (χ0v) is 15.8. The Morgan fingerprint density at radius 3 is 2.44 bits per heavy atom. The van der Waals surface area contributed by atoms with Gasteiger partial charge in [-0.1, -0.05) is 24.3 Å². The zero-order valence-electron chi connectivity index (χ0n) is 15.8. The van der Waals surface area contributed by atoms with Crippen molar-refractivity contribution >= 4 is 11.6 Å². The van der Waals surface area contributed by atoms with Gasteiger partial charge < -0.3 is 15.0 Å². The van der Waals surface area contributed by atoms with Gasteiger partial charge in [-0.25, -0.2) is 4.39 Å². The lowest BCUT2D eigenvalue weighted by atomic mass is 10.1. The van der Waals surface area contributed by atoms with E-state index in [-0.39, 0.29) is 17.8 Å². The molecular formula is C21H26FN3O2. The fourth-order valence-corrected chi connectivity index (χ4v) is 3.35. The van der Waals surface area contributed by atoms with Crippen LogP contribution in [0.5, 0.6) is 5.75 Å². The van der Waals surface area contributed by atoms with E-state index in [4.69, 9.17) is 4.74 Å². The first-order valence-electron chi connectivity index (χ1n) is 9.22. The molecule has 1 amide bonds. The first kappa shape index (κ1) is 19.2. The van der Waals surface area contributed by atoms with Crippen LogP contribution in [0.15, 0.2) is 48.5 Å². The van der Waals surface area contributed by atoms with Crippen molar-refractivity contribution in [2.75, 3.05) is 38.2 Å². The molecule has 1 heterocycles. The molecule has 0 bridgehead atoms. The van der Waals surface area contributed by atoms with Crippen LogP contribution in [-0.4, -0.2) is 50.1 Å². The number of rotatable bonds is 6. The zero-order chi connectivity index (χ0) is 19.2. The summed E-state index contributed by atoms with van der Waals surface area (Å²) in [5.74, 6) is 0.590. The van der Waals surface area contributed by atoms with E-state index < -0.39 is 0 Å². The minimum atomic E-state index is -0.272. The lowest BCUT2D eigenvalue weighted by Crippen LogP contribution is -2.53. The third-order valence-corrected chi connectivity index (χ3v) is 5.05. The highest BCUT2D eigenvalue weighted by atomic mass is 19.1. The summed E-state index contributed by atoms with van der Waals surface area (Å²) in [4.78, 5) is 17.0. The van der Waals surface area contributed by atoms with Crippen molar-refractivity contribution in [3.05, 3.63) is 59.9 Å². The summed E-state index contributed by atoms with van der Waals surface area (Å²) >= 11 is 0. The van der Waals surface area contributed by atoms with Crippen molar-refractivity contribution in [3.8, 4) is 5.75 Å². The third kappa shape index (κ3) is 4.77. The smallest absolute Gasteiger partial charge is 0.237 e. The fourth-order valence-electron chi connectivity index (χ4n) is 3.35. The number of methoxy groups -OCH3 is 1. The first-order chi connectivity index (χ1) is 13.1. The van der Waals surface area contributed by atoms with Gasteiger partial charge in [-0.05, 0) is 36.8 Å². The predicted octanol–water partition coefficient (Wildman–Crippen LogP) is 2.66. The minimum Gasteiger partial charge on any atom is -0.495 e. The van der Waals surface area contributed by atoms with E-state index in [9.17, 15) is 9.18 Å². The summed E-state index contributed by atoms with van der Waals surface area (Å²) in [6, 6.07) is 14.0. The molecule has 0 aliphatic carbocycles. The molecule has 0 unspecified atom stereocenters. The summed E-state index contributed by atoms with van der Waals surface area (Å²) in [6.07, 6.45) is 0. The molecule has 144 valence electrons. The molecule has 2 aromatic rings. The lowest BCUT2D eigenvalue weighted by molar-refractivity contribution is -0.126. The van der Waals surface area contributed by atoms with Crippen molar-refractivity contribution in [2.45, 2.75) is 19.5 Å². The highest BCUT2D eigenvalue weighted by molar-refractivity contribution is 5.81. The van der Waals surface area contributed by atoms with E-state index in [0.29, 0.717) is 6.54 Å². The van der Waals surface area contributed by atoms with Crippen LogP contribution in [0, 0.1) is 5.82 Å².